The van der Waals surface area contributed by atoms with Crippen LogP contribution in [0.25, 0.3) is 0 Å². The van der Waals surface area contributed by atoms with Gasteiger partial charge in [0.25, 0.3) is 0 Å². The van der Waals surface area contributed by atoms with Gasteiger partial charge in [-0.25, -0.2) is 0 Å². The van der Waals surface area contributed by atoms with Crippen LogP contribution in [-0.2, 0) is 6.42 Å². The van der Waals surface area contributed by atoms with E-state index in [0.29, 0.717) is 41.6 Å². The lowest BCUT2D eigenvalue weighted by molar-refractivity contribution is 0.0830. The fourth-order valence-electron chi connectivity index (χ4n) is 2.88. The molecule has 24 heavy (non-hydrogen) atoms. The van der Waals surface area contributed by atoms with Crippen LogP contribution < -0.4 is 18.9 Å². The fourth-order valence-corrected chi connectivity index (χ4v) is 2.88. The van der Waals surface area contributed by atoms with E-state index in [0.717, 1.165) is 5.56 Å². The molecule has 0 aromatic heterocycles. The van der Waals surface area contributed by atoms with E-state index in [1.807, 2.05) is 18.2 Å². The summed E-state index contributed by atoms with van der Waals surface area (Å²) in [5.74, 6) is 2.47. The highest BCUT2D eigenvalue weighted by atomic mass is 16.5. The van der Waals surface area contributed by atoms with Crippen LogP contribution in [0.5, 0.6) is 23.0 Å². The summed E-state index contributed by atoms with van der Waals surface area (Å²) in [5, 5.41) is 0. The van der Waals surface area contributed by atoms with E-state index < -0.39 is 0 Å². The van der Waals surface area contributed by atoms with Crippen molar-refractivity contribution < 1.29 is 23.7 Å². The highest BCUT2D eigenvalue weighted by molar-refractivity contribution is 6.01. The molecule has 0 spiro atoms. The largest absolute Gasteiger partial charge is 0.497 e. The standard InChI is InChI=1S/C19H20O5/c1-21-14-5-6-15-17(10-14)24-11-13(19(15)20)8-12-4-7-16(22-2)18(9-12)23-3/h4-7,9-10,13H,8,11H2,1-3H3/t13-/m0/s1. The van der Waals surface area contributed by atoms with Crippen LogP contribution in [-0.4, -0.2) is 33.7 Å². The van der Waals surface area contributed by atoms with Gasteiger partial charge in [0.05, 0.1) is 39.4 Å². The normalized spacial score (nSPS) is 16.1. The second-order valence-electron chi connectivity index (χ2n) is 5.63. The lowest BCUT2D eigenvalue weighted by Gasteiger charge is -2.24. The third-order valence-corrected chi connectivity index (χ3v) is 4.20. The fraction of sp³-hybridized carbons (Fsp3) is 0.316. The van der Waals surface area contributed by atoms with Crippen molar-refractivity contribution in [2.24, 2.45) is 5.92 Å². The maximum atomic E-state index is 12.7. The molecular weight excluding hydrogens is 308 g/mol. The van der Waals surface area contributed by atoms with Crippen LogP contribution in [0.4, 0.5) is 0 Å². The van der Waals surface area contributed by atoms with E-state index in [1.165, 1.54) is 0 Å². The highest BCUT2D eigenvalue weighted by Crippen LogP contribution is 2.33. The molecule has 0 amide bonds. The second kappa shape index (κ2) is 6.83. The first-order valence-corrected chi connectivity index (χ1v) is 7.72. The van der Waals surface area contributed by atoms with Crippen molar-refractivity contribution in [3.05, 3.63) is 47.5 Å². The summed E-state index contributed by atoms with van der Waals surface area (Å²) >= 11 is 0. The van der Waals surface area contributed by atoms with Crippen LogP contribution in [0.15, 0.2) is 36.4 Å². The van der Waals surface area contributed by atoms with Crippen molar-refractivity contribution in [1.29, 1.82) is 0 Å². The van der Waals surface area contributed by atoms with Crippen LogP contribution in [0.2, 0.25) is 0 Å². The SMILES string of the molecule is COc1ccc2c(c1)OC[C@H](Cc1ccc(OC)c(OC)c1)C2=O. The van der Waals surface area contributed by atoms with Gasteiger partial charge in [0.1, 0.15) is 11.5 Å². The van der Waals surface area contributed by atoms with Gasteiger partial charge >= 0.3 is 0 Å². The molecule has 1 aliphatic heterocycles. The summed E-state index contributed by atoms with van der Waals surface area (Å²) in [4.78, 5) is 12.7. The Morgan fingerprint density at radius 1 is 1.00 bits per heavy atom. The summed E-state index contributed by atoms with van der Waals surface area (Å²) in [6.45, 7) is 0.355. The van der Waals surface area contributed by atoms with Crippen molar-refractivity contribution in [3.63, 3.8) is 0 Å². The lowest BCUT2D eigenvalue weighted by Crippen LogP contribution is -2.29. The number of carbonyl (C=O) groups excluding carboxylic acids is 1. The van der Waals surface area contributed by atoms with E-state index in [4.69, 9.17) is 18.9 Å². The van der Waals surface area contributed by atoms with E-state index in [1.54, 1.807) is 39.5 Å². The molecule has 0 saturated heterocycles. The van der Waals surface area contributed by atoms with E-state index in [9.17, 15) is 4.79 Å². The molecule has 1 heterocycles. The predicted octanol–water partition coefficient (Wildman–Crippen LogP) is 3.15. The monoisotopic (exact) mass is 328 g/mol. The van der Waals surface area contributed by atoms with Gasteiger partial charge in [-0.2, -0.15) is 0 Å². The van der Waals surface area contributed by atoms with Crippen molar-refractivity contribution >= 4 is 5.78 Å². The summed E-state index contributed by atoms with van der Waals surface area (Å²) in [6, 6.07) is 11.0. The number of ketones is 1. The maximum Gasteiger partial charge on any atom is 0.173 e. The van der Waals surface area contributed by atoms with Crippen molar-refractivity contribution in [2.45, 2.75) is 6.42 Å². The first-order valence-electron chi connectivity index (χ1n) is 7.72. The first kappa shape index (κ1) is 16.2. The number of Topliss-reactive ketones (excluding diaryl/α,β-unsaturated/α-hetero) is 1. The van der Waals surface area contributed by atoms with Gasteiger partial charge in [0.2, 0.25) is 0 Å². The molecule has 0 fully saturated rings. The molecule has 0 saturated carbocycles. The van der Waals surface area contributed by atoms with Crippen molar-refractivity contribution in [1.82, 2.24) is 0 Å². The number of methoxy groups -OCH3 is 3. The number of hydrogen-bond acceptors (Lipinski definition) is 5. The molecule has 2 aromatic rings. The molecule has 0 aliphatic carbocycles. The Hall–Kier alpha value is -2.69. The molecule has 3 rings (SSSR count). The third kappa shape index (κ3) is 3.02. The summed E-state index contributed by atoms with van der Waals surface area (Å²) in [6.07, 6.45) is 0.588. The van der Waals surface area contributed by atoms with Crippen LogP contribution in [0.1, 0.15) is 15.9 Å². The molecule has 126 valence electrons. The second-order valence-corrected chi connectivity index (χ2v) is 5.63. The number of rotatable bonds is 5. The van der Waals surface area contributed by atoms with Crippen LogP contribution in [0.3, 0.4) is 0 Å². The zero-order valence-corrected chi connectivity index (χ0v) is 14.0. The van der Waals surface area contributed by atoms with Crippen molar-refractivity contribution in [3.8, 4) is 23.0 Å². The summed E-state index contributed by atoms with van der Waals surface area (Å²) in [7, 11) is 4.79. The number of fused-ring (bicyclic) bond motifs is 1. The quantitative estimate of drug-likeness (QED) is 0.844. The molecule has 0 radical (unpaired) electrons. The number of hydrogen-bond donors (Lipinski definition) is 0. The minimum atomic E-state index is -0.219. The summed E-state index contributed by atoms with van der Waals surface area (Å²) < 4.78 is 21.5. The maximum absolute atomic E-state index is 12.7. The smallest absolute Gasteiger partial charge is 0.173 e. The molecule has 0 bridgehead atoms. The number of benzene rings is 2. The summed E-state index contributed by atoms with van der Waals surface area (Å²) in [5.41, 5.74) is 1.61. The number of ether oxygens (including phenoxy) is 4. The predicted molar refractivity (Wildman–Crippen MR) is 89.6 cm³/mol. The van der Waals surface area contributed by atoms with E-state index in [-0.39, 0.29) is 11.7 Å². The number of carbonyl (C=O) groups is 1. The minimum absolute atomic E-state index is 0.0914. The van der Waals surface area contributed by atoms with Crippen LogP contribution >= 0.6 is 0 Å². The molecule has 0 N–H and O–H groups in total. The Balaban J connectivity index is 1.80. The molecular formula is C19H20O5. The van der Waals surface area contributed by atoms with Gasteiger partial charge in [-0.05, 0) is 36.2 Å². The van der Waals surface area contributed by atoms with E-state index in [2.05, 4.69) is 0 Å². The topological polar surface area (TPSA) is 54.0 Å². The lowest BCUT2D eigenvalue weighted by atomic mass is 9.89. The zero-order valence-electron chi connectivity index (χ0n) is 14.0. The van der Waals surface area contributed by atoms with Gasteiger partial charge in [-0.15, -0.1) is 0 Å². The Morgan fingerprint density at radius 3 is 2.50 bits per heavy atom. The molecule has 2 aromatic carbocycles. The Morgan fingerprint density at radius 2 is 1.79 bits per heavy atom. The molecule has 1 aliphatic rings. The Bertz CT molecular complexity index is 753. The van der Waals surface area contributed by atoms with Crippen LogP contribution in [0, 0.1) is 5.92 Å². The van der Waals surface area contributed by atoms with Gasteiger partial charge in [-0.3, -0.25) is 4.79 Å². The van der Waals surface area contributed by atoms with Gasteiger partial charge < -0.3 is 18.9 Å². The van der Waals surface area contributed by atoms with Gasteiger partial charge in [0.15, 0.2) is 17.3 Å². The molecule has 5 heteroatoms. The molecule has 0 unspecified atom stereocenters. The Labute approximate surface area is 141 Å². The third-order valence-electron chi connectivity index (χ3n) is 4.20. The van der Waals surface area contributed by atoms with Gasteiger partial charge in [0, 0.05) is 6.07 Å². The minimum Gasteiger partial charge on any atom is -0.497 e. The van der Waals surface area contributed by atoms with E-state index >= 15 is 0 Å². The van der Waals surface area contributed by atoms with Crippen molar-refractivity contribution in [2.75, 3.05) is 27.9 Å². The average molecular weight is 328 g/mol. The molecule has 1 atom stereocenters. The first-order chi connectivity index (χ1) is 11.7. The molecule has 5 nitrogen and oxygen atoms in total. The van der Waals surface area contributed by atoms with Gasteiger partial charge in [-0.1, -0.05) is 6.07 Å². The average Bonchev–Trinajstić information content (AvgIpc) is 2.63. The highest BCUT2D eigenvalue weighted by Gasteiger charge is 2.29. The zero-order chi connectivity index (χ0) is 17.1. The Kier molecular flexibility index (Phi) is 4.60.